The molecule has 0 fully saturated rings. The molecule has 114 valence electrons. The zero-order valence-corrected chi connectivity index (χ0v) is 13.7. The monoisotopic (exact) mass is 314 g/mol. The number of rotatable bonds is 3. The van der Waals surface area contributed by atoms with E-state index in [0.717, 1.165) is 11.1 Å². The van der Waals surface area contributed by atoms with Crippen LogP contribution in [0.5, 0.6) is 0 Å². The van der Waals surface area contributed by atoms with Crippen molar-refractivity contribution in [2.45, 2.75) is 26.2 Å². The normalized spacial score (nSPS) is 12.3. The maximum Gasteiger partial charge on any atom is 0.328 e. The van der Waals surface area contributed by atoms with E-state index in [1.165, 1.54) is 11.6 Å². The largest absolute Gasteiger partial charge is 0.478 e. The van der Waals surface area contributed by atoms with Crippen molar-refractivity contribution in [3.05, 3.63) is 76.3 Å². The van der Waals surface area contributed by atoms with Gasteiger partial charge in [-0.1, -0.05) is 68.8 Å². The van der Waals surface area contributed by atoms with Crippen molar-refractivity contribution in [3.8, 4) is 0 Å². The summed E-state index contributed by atoms with van der Waals surface area (Å²) in [6, 6.07) is 15.2. The Morgan fingerprint density at radius 3 is 1.82 bits per heavy atom. The summed E-state index contributed by atoms with van der Waals surface area (Å²) >= 11 is 5.90. The van der Waals surface area contributed by atoms with Crippen LogP contribution in [-0.4, -0.2) is 11.1 Å². The third-order valence-electron chi connectivity index (χ3n) is 3.48. The SMILES string of the molecule is CC(C)(C)c1ccc(/C(=C\C(=O)O)c2ccc(Cl)cc2)cc1. The fourth-order valence-electron chi connectivity index (χ4n) is 2.24. The molecule has 0 aliphatic carbocycles. The Morgan fingerprint density at radius 2 is 1.41 bits per heavy atom. The maximum atomic E-state index is 11.1. The van der Waals surface area contributed by atoms with E-state index in [2.05, 4.69) is 20.8 Å². The van der Waals surface area contributed by atoms with Gasteiger partial charge < -0.3 is 5.11 Å². The minimum atomic E-state index is -0.968. The van der Waals surface area contributed by atoms with Gasteiger partial charge in [-0.25, -0.2) is 4.79 Å². The van der Waals surface area contributed by atoms with Crippen LogP contribution in [0.2, 0.25) is 5.02 Å². The summed E-state index contributed by atoms with van der Waals surface area (Å²) in [6.07, 6.45) is 1.23. The molecular weight excluding hydrogens is 296 g/mol. The second-order valence-corrected chi connectivity index (χ2v) is 6.67. The third kappa shape index (κ3) is 3.99. The molecule has 0 aliphatic rings. The number of hydrogen-bond acceptors (Lipinski definition) is 1. The highest BCUT2D eigenvalue weighted by atomic mass is 35.5. The van der Waals surface area contributed by atoms with E-state index in [4.69, 9.17) is 16.7 Å². The van der Waals surface area contributed by atoms with Crippen LogP contribution in [0.4, 0.5) is 0 Å². The number of carboxylic acids is 1. The molecule has 0 saturated heterocycles. The molecule has 0 aliphatic heterocycles. The molecule has 0 unspecified atom stereocenters. The van der Waals surface area contributed by atoms with Gasteiger partial charge in [-0.05, 0) is 39.8 Å². The standard InChI is InChI=1S/C19H19ClO2/c1-19(2,3)15-8-4-13(5-9-15)17(12-18(21)22)14-6-10-16(20)11-7-14/h4-12H,1-3H3,(H,21,22)/b17-12+. The molecule has 0 aromatic heterocycles. The van der Waals surface area contributed by atoms with E-state index in [9.17, 15) is 4.79 Å². The molecule has 0 heterocycles. The molecule has 1 N–H and O–H groups in total. The molecule has 22 heavy (non-hydrogen) atoms. The van der Waals surface area contributed by atoms with Crippen molar-refractivity contribution in [2.24, 2.45) is 0 Å². The Balaban J connectivity index is 2.47. The lowest BCUT2D eigenvalue weighted by Crippen LogP contribution is -2.10. The zero-order chi connectivity index (χ0) is 16.3. The van der Waals surface area contributed by atoms with Crippen molar-refractivity contribution >= 4 is 23.1 Å². The van der Waals surface area contributed by atoms with Gasteiger partial charge in [0.25, 0.3) is 0 Å². The first-order valence-corrected chi connectivity index (χ1v) is 7.46. The van der Waals surface area contributed by atoms with Crippen molar-refractivity contribution in [3.63, 3.8) is 0 Å². The second-order valence-electron chi connectivity index (χ2n) is 6.23. The summed E-state index contributed by atoms with van der Waals surface area (Å²) in [6.45, 7) is 6.44. The predicted octanol–water partition coefficient (Wildman–Crippen LogP) is 5.15. The summed E-state index contributed by atoms with van der Waals surface area (Å²) in [5.74, 6) is -0.968. The lowest BCUT2D eigenvalue weighted by atomic mass is 9.85. The number of benzene rings is 2. The fraction of sp³-hybridized carbons (Fsp3) is 0.211. The van der Waals surface area contributed by atoms with Gasteiger partial charge in [0.1, 0.15) is 0 Å². The van der Waals surface area contributed by atoms with Crippen LogP contribution >= 0.6 is 11.6 Å². The van der Waals surface area contributed by atoms with Crippen molar-refractivity contribution in [2.75, 3.05) is 0 Å². The van der Waals surface area contributed by atoms with Crippen LogP contribution in [0.3, 0.4) is 0 Å². The Labute approximate surface area is 136 Å². The zero-order valence-electron chi connectivity index (χ0n) is 12.9. The van der Waals surface area contributed by atoms with Gasteiger partial charge >= 0.3 is 5.97 Å². The number of carbonyl (C=O) groups is 1. The van der Waals surface area contributed by atoms with E-state index in [1.54, 1.807) is 12.1 Å². The molecule has 2 rings (SSSR count). The van der Waals surface area contributed by atoms with Crippen molar-refractivity contribution in [1.82, 2.24) is 0 Å². The molecule has 0 saturated carbocycles. The van der Waals surface area contributed by atoms with Crippen LogP contribution < -0.4 is 0 Å². The van der Waals surface area contributed by atoms with E-state index in [-0.39, 0.29) is 5.41 Å². The van der Waals surface area contributed by atoms with Gasteiger partial charge in [0.15, 0.2) is 0 Å². The van der Waals surface area contributed by atoms with E-state index in [0.29, 0.717) is 10.6 Å². The highest BCUT2D eigenvalue weighted by Gasteiger charge is 2.14. The van der Waals surface area contributed by atoms with Crippen LogP contribution in [0.25, 0.3) is 5.57 Å². The van der Waals surface area contributed by atoms with Gasteiger partial charge in [-0.15, -0.1) is 0 Å². The van der Waals surface area contributed by atoms with E-state index in [1.807, 2.05) is 36.4 Å². The Bertz CT molecular complexity index is 690. The first kappa shape index (κ1) is 16.3. The number of carboxylic acid groups (broad SMARTS) is 1. The smallest absolute Gasteiger partial charge is 0.328 e. The predicted molar refractivity (Wildman–Crippen MR) is 91.3 cm³/mol. The average molecular weight is 315 g/mol. The first-order valence-electron chi connectivity index (χ1n) is 7.09. The molecule has 2 aromatic carbocycles. The molecule has 2 nitrogen and oxygen atoms in total. The van der Waals surface area contributed by atoms with E-state index >= 15 is 0 Å². The maximum absolute atomic E-state index is 11.1. The summed E-state index contributed by atoms with van der Waals surface area (Å²) in [4.78, 5) is 11.1. The van der Waals surface area contributed by atoms with Crippen LogP contribution in [0.1, 0.15) is 37.5 Å². The summed E-state index contributed by atoms with van der Waals surface area (Å²) in [5.41, 5.74) is 3.65. The molecule has 3 heteroatoms. The minimum Gasteiger partial charge on any atom is -0.478 e. The van der Waals surface area contributed by atoms with Crippen LogP contribution in [0.15, 0.2) is 54.6 Å². The average Bonchev–Trinajstić information content (AvgIpc) is 2.45. The molecule has 2 aromatic rings. The lowest BCUT2D eigenvalue weighted by molar-refractivity contribution is -0.131. The molecule has 0 amide bonds. The van der Waals surface area contributed by atoms with Gasteiger partial charge in [0.2, 0.25) is 0 Å². The van der Waals surface area contributed by atoms with Crippen LogP contribution in [0, 0.1) is 0 Å². The third-order valence-corrected chi connectivity index (χ3v) is 3.74. The summed E-state index contributed by atoms with van der Waals surface area (Å²) in [7, 11) is 0. The lowest BCUT2D eigenvalue weighted by Gasteiger charge is -2.19. The van der Waals surface area contributed by atoms with Gasteiger partial charge in [0.05, 0.1) is 0 Å². The Morgan fingerprint density at radius 1 is 0.955 bits per heavy atom. The van der Waals surface area contributed by atoms with Gasteiger partial charge in [0, 0.05) is 11.1 Å². The number of halogens is 1. The topological polar surface area (TPSA) is 37.3 Å². The summed E-state index contributed by atoms with van der Waals surface area (Å²) < 4.78 is 0. The van der Waals surface area contributed by atoms with Crippen molar-refractivity contribution < 1.29 is 9.90 Å². The molecular formula is C19H19ClO2. The minimum absolute atomic E-state index is 0.0650. The first-order chi connectivity index (χ1) is 10.3. The highest BCUT2D eigenvalue weighted by Crippen LogP contribution is 2.28. The van der Waals surface area contributed by atoms with Gasteiger partial charge in [-0.2, -0.15) is 0 Å². The highest BCUT2D eigenvalue weighted by molar-refractivity contribution is 6.30. The molecule has 0 radical (unpaired) electrons. The van der Waals surface area contributed by atoms with Crippen molar-refractivity contribution in [1.29, 1.82) is 0 Å². The second kappa shape index (κ2) is 6.37. The molecule has 0 atom stereocenters. The van der Waals surface area contributed by atoms with E-state index < -0.39 is 5.97 Å². The molecule has 0 bridgehead atoms. The number of aliphatic carboxylic acids is 1. The number of hydrogen-bond donors (Lipinski definition) is 1. The summed E-state index contributed by atoms with van der Waals surface area (Å²) in [5, 5.41) is 9.77. The molecule has 0 spiro atoms. The van der Waals surface area contributed by atoms with Crippen LogP contribution in [-0.2, 0) is 10.2 Å². The Hall–Kier alpha value is -2.06. The fourth-order valence-corrected chi connectivity index (χ4v) is 2.36. The Kier molecular flexibility index (Phi) is 4.72. The van der Waals surface area contributed by atoms with Gasteiger partial charge in [-0.3, -0.25) is 0 Å². The quantitative estimate of drug-likeness (QED) is 0.795.